The van der Waals surface area contributed by atoms with Crippen LogP contribution in [0.15, 0.2) is 12.4 Å². The molecule has 1 aromatic rings. The fourth-order valence-electron chi connectivity index (χ4n) is 1.17. The predicted molar refractivity (Wildman–Crippen MR) is 57.2 cm³/mol. The molecule has 1 aliphatic rings. The Balaban J connectivity index is 2.25. The number of anilines is 1. The van der Waals surface area contributed by atoms with Crippen LogP contribution in [0.5, 0.6) is 5.75 Å². The Bertz CT molecular complexity index is 337. The van der Waals surface area contributed by atoms with Crippen molar-refractivity contribution in [2.75, 3.05) is 19.0 Å². The predicted octanol–water partition coefficient (Wildman–Crippen LogP) is 2.34. The molecule has 3 nitrogen and oxygen atoms in total. The van der Waals surface area contributed by atoms with Gasteiger partial charge in [-0.15, -0.1) is 0 Å². The molecule has 0 aromatic carbocycles. The summed E-state index contributed by atoms with van der Waals surface area (Å²) in [7, 11) is 3.87. The van der Waals surface area contributed by atoms with E-state index in [4.69, 9.17) is 16.3 Å². The van der Waals surface area contributed by atoms with Gasteiger partial charge in [-0.3, -0.25) is 4.98 Å². The van der Waals surface area contributed by atoms with Crippen LogP contribution in [-0.2, 0) is 0 Å². The molecule has 14 heavy (non-hydrogen) atoms. The lowest BCUT2D eigenvalue weighted by atomic mass is 10.4. The molecule has 1 fully saturated rings. The number of hydrogen-bond donors (Lipinski definition) is 0. The van der Waals surface area contributed by atoms with E-state index in [0.29, 0.717) is 16.9 Å². The summed E-state index contributed by atoms with van der Waals surface area (Å²) in [5, 5.41) is 0.650. The Morgan fingerprint density at radius 1 is 1.43 bits per heavy atom. The minimum absolute atomic E-state index is 0.353. The highest BCUT2D eigenvalue weighted by molar-refractivity contribution is 6.34. The monoisotopic (exact) mass is 212 g/mol. The van der Waals surface area contributed by atoms with Gasteiger partial charge in [-0.05, 0) is 12.8 Å². The largest absolute Gasteiger partial charge is 0.487 e. The average Bonchev–Trinajstić information content (AvgIpc) is 2.92. The van der Waals surface area contributed by atoms with Crippen LogP contribution in [0.2, 0.25) is 5.02 Å². The first kappa shape index (κ1) is 9.59. The van der Waals surface area contributed by atoms with Crippen molar-refractivity contribution in [1.82, 2.24) is 4.98 Å². The standard InChI is InChI=1S/C10H13ClN2O/c1-13(2)8-5-12-6-9(10(8)11)14-7-3-4-7/h5-7H,3-4H2,1-2H3. The molecule has 0 radical (unpaired) electrons. The molecule has 0 amide bonds. The number of rotatable bonds is 3. The Kier molecular flexibility index (Phi) is 2.50. The first-order chi connectivity index (χ1) is 6.68. The quantitative estimate of drug-likeness (QED) is 0.769. The van der Waals surface area contributed by atoms with Gasteiger partial charge in [0.25, 0.3) is 0 Å². The zero-order valence-electron chi connectivity index (χ0n) is 8.33. The number of aromatic nitrogens is 1. The second-order valence-corrected chi connectivity index (χ2v) is 4.06. The summed E-state index contributed by atoms with van der Waals surface area (Å²) in [5.74, 6) is 0.695. The molecule has 0 N–H and O–H groups in total. The van der Waals surface area contributed by atoms with Gasteiger partial charge in [0, 0.05) is 14.1 Å². The minimum Gasteiger partial charge on any atom is -0.487 e. The molecule has 0 aliphatic heterocycles. The normalized spacial score (nSPS) is 15.4. The van der Waals surface area contributed by atoms with Crippen molar-refractivity contribution < 1.29 is 4.74 Å². The second-order valence-electron chi connectivity index (χ2n) is 3.68. The summed E-state index contributed by atoms with van der Waals surface area (Å²) in [6.07, 6.45) is 6.02. The summed E-state index contributed by atoms with van der Waals surface area (Å²) in [6.45, 7) is 0. The molecular weight excluding hydrogens is 200 g/mol. The van der Waals surface area contributed by atoms with Crippen molar-refractivity contribution in [3.8, 4) is 5.75 Å². The molecule has 0 unspecified atom stereocenters. The van der Waals surface area contributed by atoms with Crippen molar-refractivity contribution in [2.24, 2.45) is 0 Å². The van der Waals surface area contributed by atoms with Crippen LogP contribution < -0.4 is 9.64 Å². The van der Waals surface area contributed by atoms with Crippen molar-refractivity contribution in [1.29, 1.82) is 0 Å². The third-order valence-corrected chi connectivity index (χ3v) is 2.51. The van der Waals surface area contributed by atoms with Crippen LogP contribution >= 0.6 is 11.6 Å². The van der Waals surface area contributed by atoms with Gasteiger partial charge in [-0.2, -0.15) is 0 Å². The van der Waals surface area contributed by atoms with E-state index in [2.05, 4.69) is 4.98 Å². The minimum atomic E-state index is 0.353. The number of ether oxygens (including phenoxy) is 1. The maximum absolute atomic E-state index is 6.17. The highest BCUT2D eigenvalue weighted by atomic mass is 35.5. The lowest BCUT2D eigenvalue weighted by Crippen LogP contribution is -2.10. The maximum atomic E-state index is 6.17. The summed E-state index contributed by atoms with van der Waals surface area (Å²) in [4.78, 5) is 6.02. The molecule has 1 heterocycles. The van der Waals surface area contributed by atoms with E-state index in [1.165, 1.54) is 0 Å². The van der Waals surface area contributed by atoms with Crippen LogP contribution in [0, 0.1) is 0 Å². The number of hydrogen-bond acceptors (Lipinski definition) is 3. The van der Waals surface area contributed by atoms with Crippen molar-refractivity contribution in [3.63, 3.8) is 0 Å². The highest BCUT2D eigenvalue weighted by Gasteiger charge is 2.25. The molecule has 0 bridgehead atoms. The smallest absolute Gasteiger partial charge is 0.158 e. The van der Waals surface area contributed by atoms with Crippen molar-refractivity contribution in [3.05, 3.63) is 17.4 Å². The zero-order valence-corrected chi connectivity index (χ0v) is 9.08. The molecule has 0 spiro atoms. The Hall–Kier alpha value is -0.960. The maximum Gasteiger partial charge on any atom is 0.158 e. The first-order valence-corrected chi connectivity index (χ1v) is 5.04. The van der Waals surface area contributed by atoms with Gasteiger partial charge in [-0.25, -0.2) is 0 Å². The zero-order chi connectivity index (χ0) is 10.1. The summed E-state index contributed by atoms with van der Waals surface area (Å²) < 4.78 is 5.63. The Labute approximate surface area is 88.6 Å². The van der Waals surface area contributed by atoms with E-state index >= 15 is 0 Å². The topological polar surface area (TPSA) is 25.4 Å². The molecule has 1 saturated carbocycles. The van der Waals surface area contributed by atoms with Crippen molar-refractivity contribution >= 4 is 17.3 Å². The van der Waals surface area contributed by atoms with Crippen LogP contribution in [0.4, 0.5) is 5.69 Å². The van der Waals surface area contributed by atoms with Crippen LogP contribution in [0.1, 0.15) is 12.8 Å². The van der Waals surface area contributed by atoms with Gasteiger partial charge in [0.05, 0.1) is 24.2 Å². The van der Waals surface area contributed by atoms with E-state index in [0.717, 1.165) is 18.5 Å². The van der Waals surface area contributed by atoms with E-state index in [9.17, 15) is 0 Å². The molecular formula is C10H13ClN2O. The van der Waals surface area contributed by atoms with Gasteiger partial charge in [0.2, 0.25) is 0 Å². The summed E-state index contributed by atoms with van der Waals surface area (Å²) in [5.41, 5.74) is 0.893. The van der Waals surface area contributed by atoms with Gasteiger partial charge >= 0.3 is 0 Å². The third-order valence-electron chi connectivity index (χ3n) is 2.13. The van der Waals surface area contributed by atoms with E-state index in [1.807, 2.05) is 19.0 Å². The summed E-state index contributed by atoms with van der Waals surface area (Å²) in [6, 6.07) is 0. The third kappa shape index (κ3) is 1.93. The van der Waals surface area contributed by atoms with Crippen LogP contribution in [0.25, 0.3) is 0 Å². The van der Waals surface area contributed by atoms with Crippen LogP contribution in [0.3, 0.4) is 0 Å². The molecule has 0 atom stereocenters. The lowest BCUT2D eigenvalue weighted by molar-refractivity contribution is 0.302. The van der Waals surface area contributed by atoms with Crippen molar-refractivity contribution in [2.45, 2.75) is 18.9 Å². The number of halogens is 1. The first-order valence-electron chi connectivity index (χ1n) is 4.66. The van der Waals surface area contributed by atoms with E-state index < -0.39 is 0 Å². The molecule has 2 rings (SSSR count). The van der Waals surface area contributed by atoms with Gasteiger partial charge < -0.3 is 9.64 Å². The van der Waals surface area contributed by atoms with Gasteiger partial charge in [0.15, 0.2) is 5.75 Å². The average molecular weight is 213 g/mol. The van der Waals surface area contributed by atoms with Gasteiger partial charge in [0.1, 0.15) is 5.02 Å². The van der Waals surface area contributed by atoms with E-state index in [1.54, 1.807) is 12.4 Å². The fraction of sp³-hybridized carbons (Fsp3) is 0.500. The fourth-order valence-corrected chi connectivity index (χ4v) is 1.49. The van der Waals surface area contributed by atoms with E-state index in [-0.39, 0.29) is 0 Å². The molecule has 4 heteroatoms. The van der Waals surface area contributed by atoms with Crippen LogP contribution in [-0.4, -0.2) is 25.2 Å². The number of pyridine rings is 1. The lowest BCUT2D eigenvalue weighted by Gasteiger charge is -2.15. The Morgan fingerprint density at radius 2 is 2.14 bits per heavy atom. The highest BCUT2D eigenvalue weighted by Crippen LogP contribution is 2.36. The summed E-state index contributed by atoms with van der Waals surface area (Å²) >= 11 is 6.17. The van der Waals surface area contributed by atoms with Gasteiger partial charge in [-0.1, -0.05) is 11.6 Å². The molecule has 1 aliphatic carbocycles. The number of nitrogens with zero attached hydrogens (tertiary/aromatic N) is 2. The molecule has 1 aromatic heterocycles. The SMILES string of the molecule is CN(C)c1cncc(OC2CC2)c1Cl. The Morgan fingerprint density at radius 3 is 2.71 bits per heavy atom. The molecule has 76 valence electrons. The molecule has 0 saturated heterocycles. The second kappa shape index (κ2) is 3.65.